The standard InChI is InChI=1S/C15H28N2O3S/c1-21-11-5-3-2-4-8-16-12-14(18)17-9-6-13(7-10-17)15(19)20/h13,16H,2-12H2,1H3,(H,19,20). The quantitative estimate of drug-likeness (QED) is 0.602. The van der Waals surface area contributed by atoms with Gasteiger partial charge in [0.1, 0.15) is 0 Å². The smallest absolute Gasteiger partial charge is 0.306 e. The second-order valence-electron chi connectivity index (χ2n) is 5.58. The molecule has 0 aliphatic carbocycles. The fourth-order valence-electron chi connectivity index (χ4n) is 2.53. The van der Waals surface area contributed by atoms with Crippen LogP contribution in [0.15, 0.2) is 0 Å². The van der Waals surface area contributed by atoms with Crippen LogP contribution in [0.1, 0.15) is 38.5 Å². The minimum Gasteiger partial charge on any atom is -0.481 e. The maximum absolute atomic E-state index is 12.0. The molecule has 1 aliphatic heterocycles. The summed E-state index contributed by atoms with van der Waals surface area (Å²) in [7, 11) is 0. The molecule has 5 nitrogen and oxygen atoms in total. The van der Waals surface area contributed by atoms with Crippen molar-refractivity contribution in [3.05, 3.63) is 0 Å². The van der Waals surface area contributed by atoms with Gasteiger partial charge in [0.05, 0.1) is 12.5 Å². The lowest BCUT2D eigenvalue weighted by Gasteiger charge is -2.30. The van der Waals surface area contributed by atoms with Gasteiger partial charge in [0.25, 0.3) is 0 Å². The number of thioether (sulfide) groups is 1. The van der Waals surface area contributed by atoms with E-state index in [2.05, 4.69) is 11.6 Å². The Bertz CT molecular complexity index is 318. The average molecular weight is 316 g/mol. The number of hydrogen-bond acceptors (Lipinski definition) is 4. The molecule has 0 atom stereocenters. The zero-order valence-corrected chi connectivity index (χ0v) is 13.8. The summed E-state index contributed by atoms with van der Waals surface area (Å²) < 4.78 is 0. The monoisotopic (exact) mass is 316 g/mol. The lowest BCUT2D eigenvalue weighted by Crippen LogP contribution is -2.44. The molecule has 122 valence electrons. The van der Waals surface area contributed by atoms with E-state index in [4.69, 9.17) is 5.11 Å². The van der Waals surface area contributed by atoms with Crippen LogP contribution in [0.4, 0.5) is 0 Å². The summed E-state index contributed by atoms with van der Waals surface area (Å²) in [4.78, 5) is 24.6. The fourth-order valence-corrected chi connectivity index (χ4v) is 3.03. The van der Waals surface area contributed by atoms with E-state index in [1.54, 1.807) is 4.90 Å². The highest BCUT2D eigenvalue weighted by Crippen LogP contribution is 2.17. The molecule has 0 radical (unpaired) electrons. The van der Waals surface area contributed by atoms with E-state index >= 15 is 0 Å². The summed E-state index contributed by atoms with van der Waals surface area (Å²) in [6.45, 7) is 2.41. The molecule has 1 saturated heterocycles. The number of carboxylic acids is 1. The van der Waals surface area contributed by atoms with Crippen LogP contribution in [0, 0.1) is 5.92 Å². The minimum absolute atomic E-state index is 0.0984. The Morgan fingerprint density at radius 1 is 1.19 bits per heavy atom. The van der Waals surface area contributed by atoms with E-state index in [0.29, 0.717) is 32.5 Å². The lowest BCUT2D eigenvalue weighted by molar-refractivity contribution is -0.145. The average Bonchev–Trinajstić information content (AvgIpc) is 2.49. The highest BCUT2D eigenvalue weighted by atomic mass is 32.2. The van der Waals surface area contributed by atoms with Crippen molar-refractivity contribution >= 4 is 23.6 Å². The molecule has 0 aromatic rings. The summed E-state index contributed by atoms with van der Waals surface area (Å²) >= 11 is 1.89. The maximum atomic E-state index is 12.0. The first-order chi connectivity index (χ1) is 10.1. The summed E-state index contributed by atoms with van der Waals surface area (Å²) in [5.41, 5.74) is 0. The van der Waals surface area contributed by atoms with Gasteiger partial charge in [-0.3, -0.25) is 9.59 Å². The molecule has 21 heavy (non-hydrogen) atoms. The van der Waals surface area contributed by atoms with E-state index in [-0.39, 0.29) is 11.8 Å². The van der Waals surface area contributed by atoms with Gasteiger partial charge in [-0.05, 0) is 44.2 Å². The van der Waals surface area contributed by atoms with Crippen LogP contribution in [-0.4, -0.2) is 60.1 Å². The highest BCUT2D eigenvalue weighted by Gasteiger charge is 2.26. The summed E-state index contributed by atoms with van der Waals surface area (Å²) in [6, 6.07) is 0. The molecule has 1 rings (SSSR count). The van der Waals surface area contributed by atoms with Crippen molar-refractivity contribution in [2.75, 3.05) is 38.2 Å². The van der Waals surface area contributed by atoms with Gasteiger partial charge in [-0.15, -0.1) is 0 Å². The highest BCUT2D eigenvalue weighted by molar-refractivity contribution is 7.98. The zero-order valence-electron chi connectivity index (χ0n) is 13.0. The number of unbranched alkanes of at least 4 members (excludes halogenated alkanes) is 3. The zero-order chi connectivity index (χ0) is 15.5. The Morgan fingerprint density at radius 3 is 2.48 bits per heavy atom. The van der Waals surface area contributed by atoms with Crippen LogP contribution >= 0.6 is 11.8 Å². The van der Waals surface area contributed by atoms with Crippen molar-refractivity contribution in [1.82, 2.24) is 10.2 Å². The van der Waals surface area contributed by atoms with Crippen LogP contribution in [0.2, 0.25) is 0 Å². The Kier molecular flexibility index (Phi) is 9.50. The van der Waals surface area contributed by atoms with Crippen LogP contribution in [-0.2, 0) is 9.59 Å². The number of nitrogens with zero attached hydrogens (tertiary/aromatic N) is 1. The predicted octanol–water partition coefficient (Wildman–Crippen LogP) is 1.82. The number of rotatable bonds is 10. The number of likely N-dealkylation sites (tertiary alicyclic amines) is 1. The van der Waals surface area contributed by atoms with Crippen molar-refractivity contribution in [3.63, 3.8) is 0 Å². The van der Waals surface area contributed by atoms with E-state index in [1.807, 2.05) is 11.8 Å². The topological polar surface area (TPSA) is 69.6 Å². The largest absolute Gasteiger partial charge is 0.481 e. The Labute approximate surface area is 131 Å². The van der Waals surface area contributed by atoms with E-state index in [9.17, 15) is 9.59 Å². The first kappa shape index (κ1) is 18.3. The van der Waals surface area contributed by atoms with Gasteiger partial charge < -0.3 is 15.3 Å². The normalized spacial score (nSPS) is 16.1. The van der Waals surface area contributed by atoms with Gasteiger partial charge in [0.2, 0.25) is 5.91 Å². The van der Waals surface area contributed by atoms with Crippen LogP contribution in [0.5, 0.6) is 0 Å². The number of carbonyl (C=O) groups is 2. The van der Waals surface area contributed by atoms with Crippen LogP contribution < -0.4 is 5.32 Å². The van der Waals surface area contributed by atoms with Gasteiger partial charge >= 0.3 is 5.97 Å². The number of hydrogen-bond donors (Lipinski definition) is 2. The van der Waals surface area contributed by atoms with Gasteiger partial charge in [0, 0.05) is 13.1 Å². The van der Waals surface area contributed by atoms with E-state index in [0.717, 1.165) is 13.0 Å². The summed E-state index contributed by atoms with van der Waals surface area (Å²) in [5, 5.41) is 12.1. The SMILES string of the molecule is CSCCCCCCNCC(=O)N1CCC(C(=O)O)CC1. The maximum Gasteiger partial charge on any atom is 0.306 e. The van der Waals surface area contributed by atoms with Crippen LogP contribution in [0.3, 0.4) is 0 Å². The molecular weight excluding hydrogens is 288 g/mol. The first-order valence-corrected chi connectivity index (χ1v) is 9.24. The van der Waals surface area contributed by atoms with Gasteiger partial charge in [-0.25, -0.2) is 0 Å². The number of carbonyl (C=O) groups excluding carboxylic acids is 1. The van der Waals surface area contributed by atoms with Crippen molar-refractivity contribution < 1.29 is 14.7 Å². The van der Waals surface area contributed by atoms with Gasteiger partial charge in [-0.1, -0.05) is 12.8 Å². The summed E-state index contributed by atoms with van der Waals surface area (Å²) in [6.07, 6.45) is 8.16. The van der Waals surface area contributed by atoms with E-state index in [1.165, 1.54) is 25.0 Å². The molecule has 0 saturated carbocycles. The third-order valence-corrected chi connectivity index (χ3v) is 4.62. The Balaban J connectivity index is 2.00. The molecule has 0 aromatic carbocycles. The molecule has 1 amide bonds. The molecular formula is C15H28N2O3S. The van der Waals surface area contributed by atoms with Crippen molar-refractivity contribution in [3.8, 4) is 0 Å². The lowest BCUT2D eigenvalue weighted by atomic mass is 9.97. The minimum atomic E-state index is -0.735. The molecule has 0 unspecified atom stereocenters. The molecule has 1 fully saturated rings. The van der Waals surface area contributed by atoms with Gasteiger partial charge in [-0.2, -0.15) is 11.8 Å². The van der Waals surface area contributed by atoms with Crippen molar-refractivity contribution in [1.29, 1.82) is 0 Å². The summed E-state index contributed by atoms with van der Waals surface area (Å²) in [5.74, 6) is 0.323. The molecule has 0 aromatic heterocycles. The van der Waals surface area contributed by atoms with E-state index < -0.39 is 5.97 Å². The Morgan fingerprint density at radius 2 is 1.86 bits per heavy atom. The van der Waals surface area contributed by atoms with Crippen molar-refractivity contribution in [2.24, 2.45) is 5.92 Å². The fraction of sp³-hybridized carbons (Fsp3) is 0.867. The van der Waals surface area contributed by atoms with Crippen molar-refractivity contribution in [2.45, 2.75) is 38.5 Å². The second-order valence-corrected chi connectivity index (χ2v) is 6.56. The molecule has 2 N–H and O–H groups in total. The number of amides is 1. The number of aliphatic carboxylic acids is 1. The predicted molar refractivity (Wildman–Crippen MR) is 86.7 cm³/mol. The molecule has 6 heteroatoms. The second kappa shape index (κ2) is 10.9. The molecule has 1 aliphatic rings. The first-order valence-electron chi connectivity index (χ1n) is 7.85. The number of carboxylic acid groups (broad SMARTS) is 1. The molecule has 0 bridgehead atoms. The van der Waals surface area contributed by atoms with Crippen LogP contribution in [0.25, 0.3) is 0 Å². The molecule has 1 heterocycles. The third kappa shape index (κ3) is 7.71. The third-order valence-electron chi connectivity index (χ3n) is 3.93. The van der Waals surface area contributed by atoms with Gasteiger partial charge in [0.15, 0.2) is 0 Å². The number of piperidine rings is 1. The molecule has 0 spiro atoms. The number of nitrogens with one attached hydrogen (secondary N) is 1. The Hall–Kier alpha value is -0.750.